The Morgan fingerprint density at radius 3 is 2.74 bits per heavy atom. The molecular formula is C14H23N5. The first-order valence-electron chi connectivity index (χ1n) is 6.88. The van der Waals surface area contributed by atoms with Crippen LogP contribution in [0, 0.1) is 13.8 Å². The fraction of sp³-hybridized carbons (Fsp3) is 0.571. The first kappa shape index (κ1) is 13.8. The van der Waals surface area contributed by atoms with Crippen LogP contribution in [-0.4, -0.2) is 26.1 Å². The SMILES string of the molecule is CCn1nc(C)c(C(C)NCCn2cccn2)c1C. The highest BCUT2D eigenvalue weighted by atomic mass is 15.3. The lowest BCUT2D eigenvalue weighted by molar-refractivity contribution is 0.504. The van der Waals surface area contributed by atoms with Gasteiger partial charge in [-0.1, -0.05) is 0 Å². The molecule has 0 aromatic carbocycles. The van der Waals surface area contributed by atoms with Crippen LogP contribution in [0.15, 0.2) is 18.5 Å². The van der Waals surface area contributed by atoms with E-state index in [0.717, 1.165) is 25.3 Å². The maximum Gasteiger partial charge on any atom is 0.0644 e. The highest BCUT2D eigenvalue weighted by Crippen LogP contribution is 2.21. The van der Waals surface area contributed by atoms with Gasteiger partial charge in [-0.25, -0.2) is 0 Å². The van der Waals surface area contributed by atoms with Crippen LogP contribution in [0.1, 0.15) is 36.8 Å². The topological polar surface area (TPSA) is 47.7 Å². The fourth-order valence-electron chi connectivity index (χ4n) is 2.58. The zero-order chi connectivity index (χ0) is 13.8. The van der Waals surface area contributed by atoms with Crippen molar-refractivity contribution in [1.82, 2.24) is 24.9 Å². The summed E-state index contributed by atoms with van der Waals surface area (Å²) in [5.41, 5.74) is 3.71. The highest BCUT2D eigenvalue weighted by molar-refractivity contribution is 5.27. The van der Waals surface area contributed by atoms with E-state index in [0.29, 0.717) is 6.04 Å². The van der Waals surface area contributed by atoms with Gasteiger partial charge in [-0.3, -0.25) is 9.36 Å². The van der Waals surface area contributed by atoms with E-state index in [1.165, 1.54) is 11.3 Å². The molecule has 5 nitrogen and oxygen atoms in total. The predicted molar refractivity (Wildman–Crippen MR) is 76.0 cm³/mol. The van der Waals surface area contributed by atoms with E-state index in [-0.39, 0.29) is 0 Å². The zero-order valence-corrected chi connectivity index (χ0v) is 12.2. The van der Waals surface area contributed by atoms with Crippen LogP contribution in [0.3, 0.4) is 0 Å². The number of aromatic nitrogens is 4. The molecule has 1 atom stereocenters. The normalized spacial score (nSPS) is 12.8. The molecule has 0 saturated heterocycles. The van der Waals surface area contributed by atoms with Crippen LogP contribution in [0.4, 0.5) is 0 Å². The molecule has 1 unspecified atom stereocenters. The van der Waals surface area contributed by atoms with Crippen molar-refractivity contribution in [3.8, 4) is 0 Å². The maximum absolute atomic E-state index is 4.57. The molecule has 1 N–H and O–H groups in total. The summed E-state index contributed by atoms with van der Waals surface area (Å²) in [6.07, 6.45) is 3.79. The molecule has 0 saturated carbocycles. The number of nitrogens with zero attached hydrogens (tertiary/aromatic N) is 4. The van der Waals surface area contributed by atoms with Crippen LogP contribution in [-0.2, 0) is 13.1 Å². The van der Waals surface area contributed by atoms with Crippen LogP contribution >= 0.6 is 0 Å². The Labute approximate surface area is 114 Å². The molecule has 2 aromatic heterocycles. The summed E-state index contributed by atoms with van der Waals surface area (Å²) in [6, 6.07) is 2.26. The first-order chi connectivity index (χ1) is 9.13. The minimum Gasteiger partial charge on any atom is -0.308 e. The molecule has 0 aliphatic heterocycles. The zero-order valence-electron chi connectivity index (χ0n) is 12.2. The third-order valence-corrected chi connectivity index (χ3v) is 3.52. The van der Waals surface area contributed by atoms with Crippen molar-refractivity contribution in [2.24, 2.45) is 0 Å². The molecule has 0 aliphatic rings. The monoisotopic (exact) mass is 261 g/mol. The lowest BCUT2D eigenvalue weighted by Gasteiger charge is -2.15. The van der Waals surface area contributed by atoms with Crippen LogP contribution < -0.4 is 5.32 Å². The Morgan fingerprint density at radius 1 is 1.37 bits per heavy atom. The van der Waals surface area contributed by atoms with Crippen molar-refractivity contribution >= 4 is 0 Å². The summed E-state index contributed by atoms with van der Waals surface area (Å²) in [6.45, 7) is 11.3. The smallest absolute Gasteiger partial charge is 0.0644 e. The molecule has 2 heterocycles. The van der Waals surface area contributed by atoms with Crippen molar-refractivity contribution < 1.29 is 0 Å². The van der Waals surface area contributed by atoms with Crippen LogP contribution in [0.25, 0.3) is 0 Å². The third-order valence-electron chi connectivity index (χ3n) is 3.52. The first-order valence-corrected chi connectivity index (χ1v) is 6.88. The Bertz CT molecular complexity index is 512. The van der Waals surface area contributed by atoms with Gasteiger partial charge in [-0.15, -0.1) is 0 Å². The van der Waals surface area contributed by atoms with Gasteiger partial charge in [0, 0.05) is 42.8 Å². The van der Waals surface area contributed by atoms with Gasteiger partial charge in [0.2, 0.25) is 0 Å². The summed E-state index contributed by atoms with van der Waals surface area (Å²) >= 11 is 0. The van der Waals surface area contributed by atoms with E-state index in [1.807, 2.05) is 23.1 Å². The minimum atomic E-state index is 0.316. The molecule has 0 bridgehead atoms. The number of hydrogen-bond donors (Lipinski definition) is 1. The average molecular weight is 261 g/mol. The molecule has 0 fully saturated rings. The number of nitrogens with one attached hydrogen (secondary N) is 1. The van der Waals surface area contributed by atoms with E-state index >= 15 is 0 Å². The second-order valence-electron chi connectivity index (χ2n) is 4.85. The Hall–Kier alpha value is -1.62. The molecule has 0 radical (unpaired) electrons. The number of aryl methyl sites for hydroxylation is 2. The summed E-state index contributed by atoms with van der Waals surface area (Å²) in [5.74, 6) is 0. The van der Waals surface area contributed by atoms with Crippen molar-refractivity contribution in [3.05, 3.63) is 35.4 Å². The van der Waals surface area contributed by atoms with Gasteiger partial charge in [0.25, 0.3) is 0 Å². The molecule has 0 spiro atoms. The molecule has 19 heavy (non-hydrogen) atoms. The molecule has 0 amide bonds. The predicted octanol–water partition coefficient (Wildman–Crippen LogP) is 2.07. The van der Waals surface area contributed by atoms with E-state index in [4.69, 9.17) is 0 Å². The van der Waals surface area contributed by atoms with Crippen molar-refractivity contribution in [2.75, 3.05) is 6.54 Å². The van der Waals surface area contributed by atoms with Gasteiger partial charge in [0.15, 0.2) is 0 Å². The largest absolute Gasteiger partial charge is 0.308 e. The Balaban J connectivity index is 1.96. The van der Waals surface area contributed by atoms with E-state index in [9.17, 15) is 0 Å². The maximum atomic E-state index is 4.57. The standard InChI is InChI=1S/C14H23N5/c1-5-19-13(4)14(12(3)17-19)11(2)15-8-10-18-9-6-7-16-18/h6-7,9,11,15H,5,8,10H2,1-4H3. The Morgan fingerprint density at radius 2 is 2.16 bits per heavy atom. The quantitative estimate of drug-likeness (QED) is 0.866. The van der Waals surface area contributed by atoms with Crippen LogP contribution in [0.5, 0.6) is 0 Å². The number of rotatable bonds is 6. The second-order valence-corrected chi connectivity index (χ2v) is 4.85. The van der Waals surface area contributed by atoms with Crippen molar-refractivity contribution in [1.29, 1.82) is 0 Å². The third kappa shape index (κ3) is 3.04. The highest BCUT2D eigenvalue weighted by Gasteiger charge is 2.16. The molecule has 2 rings (SSSR count). The molecule has 5 heteroatoms. The van der Waals surface area contributed by atoms with Gasteiger partial charge in [0.1, 0.15) is 0 Å². The average Bonchev–Trinajstić information content (AvgIpc) is 2.97. The lowest BCUT2D eigenvalue weighted by Crippen LogP contribution is -2.24. The van der Waals surface area contributed by atoms with Gasteiger partial charge in [-0.2, -0.15) is 10.2 Å². The van der Waals surface area contributed by atoms with E-state index in [1.54, 1.807) is 0 Å². The Kier molecular flexibility index (Phi) is 4.37. The van der Waals surface area contributed by atoms with Crippen molar-refractivity contribution in [2.45, 2.75) is 46.8 Å². The molecule has 104 valence electrons. The summed E-state index contributed by atoms with van der Waals surface area (Å²) < 4.78 is 4.01. The molecular weight excluding hydrogens is 238 g/mol. The van der Waals surface area contributed by atoms with Gasteiger partial charge in [-0.05, 0) is 33.8 Å². The second kappa shape index (κ2) is 6.02. The van der Waals surface area contributed by atoms with E-state index < -0.39 is 0 Å². The summed E-state index contributed by atoms with van der Waals surface area (Å²) in [4.78, 5) is 0. The van der Waals surface area contributed by atoms with E-state index in [2.05, 4.69) is 47.9 Å². The number of hydrogen-bond acceptors (Lipinski definition) is 3. The van der Waals surface area contributed by atoms with Gasteiger partial charge >= 0.3 is 0 Å². The molecule has 2 aromatic rings. The summed E-state index contributed by atoms with van der Waals surface area (Å²) in [7, 11) is 0. The van der Waals surface area contributed by atoms with Gasteiger partial charge in [0.05, 0.1) is 12.2 Å². The molecule has 0 aliphatic carbocycles. The van der Waals surface area contributed by atoms with Crippen LogP contribution in [0.2, 0.25) is 0 Å². The van der Waals surface area contributed by atoms with Gasteiger partial charge < -0.3 is 5.32 Å². The lowest BCUT2D eigenvalue weighted by atomic mass is 10.1. The summed E-state index contributed by atoms with van der Waals surface area (Å²) in [5, 5.41) is 12.3. The minimum absolute atomic E-state index is 0.316. The van der Waals surface area contributed by atoms with Crippen molar-refractivity contribution in [3.63, 3.8) is 0 Å². The fourth-order valence-corrected chi connectivity index (χ4v) is 2.58.